The van der Waals surface area contributed by atoms with Gasteiger partial charge in [0.1, 0.15) is 17.9 Å². The molecule has 0 radical (unpaired) electrons. The molecule has 0 aliphatic heterocycles. The summed E-state index contributed by atoms with van der Waals surface area (Å²) in [6.07, 6.45) is 0.774. The summed E-state index contributed by atoms with van der Waals surface area (Å²) in [6, 6.07) is 6.98. The smallest absolute Gasteiger partial charge is 0.150 e. The molecule has 1 aromatic carbocycles. The minimum atomic E-state index is -0.209. The SMILES string of the molecule is CC(=O)CC(=O)C(C)CNc1ccc(C=O)cc1. The van der Waals surface area contributed by atoms with Crippen molar-refractivity contribution in [2.75, 3.05) is 11.9 Å². The van der Waals surface area contributed by atoms with Crippen LogP contribution in [0.15, 0.2) is 24.3 Å². The molecule has 0 heterocycles. The number of carbonyl (C=O) groups is 3. The second-order valence-corrected chi connectivity index (χ2v) is 4.37. The maximum absolute atomic E-state index is 11.6. The van der Waals surface area contributed by atoms with Crippen LogP contribution in [-0.4, -0.2) is 24.4 Å². The van der Waals surface area contributed by atoms with Crippen molar-refractivity contribution in [2.24, 2.45) is 5.92 Å². The van der Waals surface area contributed by atoms with Gasteiger partial charge in [0, 0.05) is 23.7 Å². The fourth-order valence-electron chi connectivity index (χ4n) is 1.48. The van der Waals surface area contributed by atoms with Crippen LogP contribution in [0.4, 0.5) is 5.69 Å². The topological polar surface area (TPSA) is 63.2 Å². The first-order valence-electron chi connectivity index (χ1n) is 5.84. The standard InChI is InChI=1S/C14H17NO3/c1-10(14(18)7-11(2)17)8-15-13-5-3-12(9-16)4-6-13/h3-6,9-10,15H,7-8H2,1-2H3. The van der Waals surface area contributed by atoms with Crippen molar-refractivity contribution in [3.63, 3.8) is 0 Å². The molecule has 0 fully saturated rings. The highest BCUT2D eigenvalue weighted by Crippen LogP contribution is 2.10. The number of rotatable bonds is 7. The summed E-state index contributed by atoms with van der Waals surface area (Å²) in [5.74, 6) is -0.374. The van der Waals surface area contributed by atoms with Gasteiger partial charge in [-0.1, -0.05) is 6.92 Å². The molecule has 18 heavy (non-hydrogen) atoms. The summed E-state index contributed by atoms with van der Waals surface area (Å²) in [4.78, 5) is 32.9. The van der Waals surface area contributed by atoms with Crippen LogP contribution in [0.5, 0.6) is 0 Å². The first-order valence-corrected chi connectivity index (χ1v) is 5.84. The third-order valence-electron chi connectivity index (χ3n) is 2.63. The number of carbonyl (C=O) groups excluding carboxylic acids is 3. The number of aldehydes is 1. The Morgan fingerprint density at radius 2 is 1.89 bits per heavy atom. The molecule has 4 heteroatoms. The maximum Gasteiger partial charge on any atom is 0.150 e. The van der Waals surface area contributed by atoms with E-state index in [9.17, 15) is 14.4 Å². The third-order valence-corrected chi connectivity index (χ3v) is 2.63. The quantitative estimate of drug-likeness (QED) is 0.592. The van der Waals surface area contributed by atoms with E-state index in [4.69, 9.17) is 0 Å². The van der Waals surface area contributed by atoms with E-state index in [0.717, 1.165) is 12.0 Å². The molecule has 0 saturated heterocycles. The van der Waals surface area contributed by atoms with Gasteiger partial charge in [0.05, 0.1) is 6.42 Å². The van der Waals surface area contributed by atoms with Crippen molar-refractivity contribution >= 4 is 23.5 Å². The lowest BCUT2D eigenvalue weighted by atomic mass is 10.0. The summed E-state index contributed by atoms with van der Waals surface area (Å²) in [6.45, 7) is 3.68. The van der Waals surface area contributed by atoms with Crippen LogP contribution in [0.2, 0.25) is 0 Å². The lowest BCUT2D eigenvalue weighted by Gasteiger charge is -2.12. The lowest BCUT2D eigenvalue weighted by Crippen LogP contribution is -2.22. The number of hydrogen-bond donors (Lipinski definition) is 1. The molecule has 1 unspecified atom stereocenters. The largest absolute Gasteiger partial charge is 0.384 e. The second-order valence-electron chi connectivity index (χ2n) is 4.37. The number of nitrogens with one attached hydrogen (secondary N) is 1. The lowest BCUT2D eigenvalue weighted by molar-refractivity contribution is -0.127. The van der Waals surface area contributed by atoms with Crippen molar-refractivity contribution in [3.8, 4) is 0 Å². The zero-order valence-electron chi connectivity index (χ0n) is 10.6. The minimum absolute atomic E-state index is 0.00702. The number of Topliss-reactive ketones (excluding diaryl/α,β-unsaturated/α-hetero) is 2. The van der Waals surface area contributed by atoms with Crippen molar-refractivity contribution in [1.82, 2.24) is 0 Å². The summed E-state index contributed by atoms with van der Waals surface area (Å²) in [7, 11) is 0. The normalized spacial score (nSPS) is 11.7. The Morgan fingerprint density at radius 1 is 1.28 bits per heavy atom. The van der Waals surface area contributed by atoms with Crippen LogP contribution in [-0.2, 0) is 9.59 Å². The summed E-state index contributed by atoms with van der Waals surface area (Å²) >= 11 is 0. The monoisotopic (exact) mass is 247 g/mol. The molecule has 0 bridgehead atoms. The van der Waals surface area contributed by atoms with Gasteiger partial charge in [-0.05, 0) is 31.2 Å². The van der Waals surface area contributed by atoms with Crippen LogP contribution in [0.3, 0.4) is 0 Å². The van der Waals surface area contributed by atoms with E-state index in [1.165, 1.54) is 6.92 Å². The summed E-state index contributed by atoms with van der Waals surface area (Å²) < 4.78 is 0. The van der Waals surface area contributed by atoms with E-state index < -0.39 is 0 Å². The van der Waals surface area contributed by atoms with Gasteiger partial charge in [-0.3, -0.25) is 14.4 Å². The van der Waals surface area contributed by atoms with Gasteiger partial charge in [-0.2, -0.15) is 0 Å². The highest BCUT2D eigenvalue weighted by molar-refractivity contribution is 5.99. The Hall–Kier alpha value is -1.97. The Balaban J connectivity index is 2.46. The highest BCUT2D eigenvalue weighted by Gasteiger charge is 2.14. The molecule has 0 amide bonds. The van der Waals surface area contributed by atoms with Crippen LogP contribution >= 0.6 is 0 Å². The predicted octanol–water partition coefficient (Wildman–Crippen LogP) is 2.10. The molecular formula is C14H17NO3. The Morgan fingerprint density at radius 3 is 2.39 bits per heavy atom. The van der Waals surface area contributed by atoms with Crippen LogP contribution in [0, 0.1) is 5.92 Å². The number of ketones is 2. The third kappa shape index (κ3) is 4.49. The van der Waals surface area contributed by atoms with Crippen molar-refractivity contribution in [2.45, 2.75) is 20.3 Å². The second kappa shape index (κ2) is 6.69. The van der Waals surface area contributed by atoms with E-state index in [0.29, 0.717) is 12.1 Å². The number of benzene rings is 1. The highest BCUT2D eigenvalue weighted by atomic mass is 16.1. The zero-order chi connectivity index (χ0) is 13.5. The molecule has 1 aromatic rings. The minimum Gasteiger partial charge on any atom is -0.384 e. The molecule has 1 rings (SSSR count). The van der Waals surface area contributed by atoms with Crippen LogP contribution in [0.1, 0.15) is 30.6 Å². The first-order chi connectivity index (χ1) is 8.52. The zero-order valence-corrected chi connectivity index (χ0v) is 10.6. The first kappa shape index (κ1) is 14.1. The summed E-state index contributed by atoms with van der Waals surface area (Å²) in [5.41, 5.74) is 1.46. The van der Waals surface area contributed by atoms with E-state index in [1.54, 1.807) is 31.2 Å². The summed E-state index contributed by atoms with van der Waals surface area (Å²) in [5, 5.41) is 3.10. The molecule has 96 valence electrons. The van der Waals surface area contributed by atoms with Gasteiger partial charge in [-0.15, -0.1) is 0 Å². The van der Waals surface area contributed by atoms with Gasteiger partial charge in [-0.25, -0.2) is 0 Å². The fraction of sp³-hybridized carbons (Fsp3) is 0.357. The van der Waals surface area contributed by atoms with Gasteiger partial charge in [0.2, 0.25) is 0 Å². The van der Waals surface area contributed by atoms with Crippen LogP contribution < -0.4 is 5.32 Å². The average Bonchev–Trinajstić information content (AvgIpc) is 2.35. The van der Waals surface area contributed by atoms with Crippen molar-refractivity contribution < 1.29 is 14.4 Å². The van der Waals surface area contributed by atoms with E-state index in [2.05, 4.69) is 5.32 Å². The molecule has 0 saturated carbocycles. The molecule has 0 aromatic heterocycles. The van der Waals surface area contributed by atoms with E-state index in [1.807, 2.05) is 0 Å². The molecule has 0 spiro atoms. The number of hydrogen-bond acceptors (Lipinski definition) is 4. The Bertz CT molecular complexity index is 437. The van der Waals surface area contributed by atoms with Gasteiger partial charge >= 0.3 is 0 Å². The van der Waals surface area contributed by atoms with Crippen LogP contribution in [0.25, 0.3) is 0 Å². The Labute approximate surface area is 106 Å². The average molecular weight is 247 g/mol. The predicted molar refractivity (Wildman–Crippen MR) is 69.8 cm³/mol. The molecule has 4 nitrogen and oxygen atoms in total. The molecule has 0 aliphatic rings. The Kier molecular flexibility index (Phi) is 5.24. The fourth-order valence-corrected chi connectivity index (χ4v) is 1.48. The molecule has 0 aliphatic carbocycles. The van der Waals surface area contributed by atoms with E-state index >= 15 is 0 Å². The molecular weight excluding hydrogens is 230 g/mol. The molecule has 1 atom stereocenters. The number of anilines is 1. The van der Waals surface area contributed by atoms with Gasteiger partial charge < -0.3 is 5.32 Å². The molecule has 1 N–H and O–H groups in total. The van der Waals surface area contributed by atoms with Crippen molar-refractivity contribution in [3.05, 3.63) is 29.8 Å². The van der Waals surface area contributed by atoms with Gasteiger partial charge in [0.15, 0.2) is 0 Å². The maximum atomic E-state index is 11.6. The van der Waals surface area contributed by atoms with E-state index in [-0.39, 0.29) is 23.9 Å². The van der Waals surface area contributed by atoms with Gasteiger partial charge in [0.25, 0.3) is 0 Å². The van der Waals surface area contributed by atoms with Crippen molar-refractivity contribution in [1.29, 1.82) is 0 Å².